The topological polar surface area (TPSA) is 87.8 Å². The van der Waals surface area contributed by atoms with E-state index in [0.717, 1.165) is 17.3 Å². The summed E-state index contributed by atoms with van der Waals surface area (Å²) in [4.78, 5) is 10.1. The monoisotopic (exact) mass is 305 g/mol. The first-order valence-electron chi connectivity index (χ1n) is 6.00. The van der Waals surface area contributed by atoms with Crippen molar-refractivity contribution in [2.75, 3.05) is 5.43 Å². The Morgan fingerprint density at radius 1 is 1.38 bits per heavy atom. The lowest BCUT2D eigenvalue weighted by Gasteiger charge is -2.03. The summed E-state index contributed by atoms with van der Waals surface area (Å²) in [7, 11) is 0. The fraction of sp³-hybridized carbons (Fsp3) is 0.0714. The van der Waals surface area contributed by atoms with Gasteiger partial charge in [0.25, 0.3) is 0 Å². The molecule has 0 amide bonds. The van der Waals surface area contributed by atoms with E-state index in [1.54, 1.807) is 0 Å². The van der Waals surface area contributed by atoms with Crippen LogP contribution in [0.3, 0.4) is 0 Å². The number of phenols is 1. The Morgan fingerprint density at radius 2 is 2.14 bits per heavy atom. The zero-order valence-electron chi connectivity index (χ0n) is 11.1. The van der Waals surface area contributed by atoms with Gasteiger partial charge in [0.15, 0.2) is 0 Å². The Kier molecular flexibility index (Phi) is 4.39. The smallest absolute Gasteiger partial charge is 0.312 e. The summed E-state index contributed by atoms with van der Waals surface area (Å²) >= 11 is 5.79. The predicted octanol–water partition coefficient (Wildman–Crippen LogP) is 3.71. The van der Waals surface area contributed by atoms with Crippen LogP contribution in [0.1, 0.15) is 11.1 Å². The first kappa shape index (κ1) is 14.8. The number of halogens is 1. The number of nitro groups is 1. The molecule has 0 unspecified atom stereocenters. The molecular weight excluding hydrogens is 294 g/mol. The van der Waals surface area contributed by atoms with Crippen LogP contribution in [0, 0.1) is 17.0 Å². The molecule has 0 saturated carbocycles. The van der Waals surface area contributed by atoms with Crippen molar-refractivity contribution in [3.8, 4) is 5.75 Å². The number of benzene rings is 2. The Bertz CT molecular complexity index is 717. The van der Waals surface area contributed by atoms with E-state index in [1.165, 1.54) is 12.3 Å². The third kappa shape index (κ3) is 3.70. The highest BCUT2D eigenvalue weighted by Gasteiger charge is 2.17. The van der Waals surface area contributed by atoms with Crippen molar-refractivity contribution in [1.82, 2.24) is 0 Å². The lowest BCUT2D eigenvalue weighted by atomic mass is 10.2. The summed E-state index contributed by atoms with van der Waals surface area (Å²) in [5.41, 5.74) is 4.31. The number of nitrogens with zero attached hydrogens (tertiary/aromatic N) is 2. The molecule has 0 radical (unpaired) electrons. The normalized spacial score (nSPS) is 10.8. The number of nitro benzene ring substituents is 1. The predicted molar refractivity (Wildman–Crippen MR) is 82.2 cm³/mol. The summed E-state index contributed by atoms with van der Waals surface area (Å²) in [6.07, 6.45) is 1.27. The molecule has 7 heteroatoms. The molecule has 0 aliphatic rings. The Morgan fingerprint density at radius 3 is 2.81 bits per heavy atom. The minimum atomic E-state index is -0.702. The maximum Gasteiger partial charge on any atom is 0.312 e. The summed E-state index contributed by atoms with van der Waals surface area (Å²) < 4.78 is 0. The SMILES string of the molecule is Cc1cccc(NN=Cc2cc(Cl)cc([N+](=O)[O-])c2O)c1. The molecule has 0 fully saturated rings. The molecule has 0 atom stereocenters. The second-order valence-electron chi connectivity index (χ2n) is 4.36. The van der Waals surface area contributed by atoms with Crippen LogP contribution in [-0.4, -0.2) is 16.2 Å². The van der Waals surface area contributed by atoms with E-state index in [9.17, 15) is 15.2 Å². The molecule has 0 spiro atoms. The number of anilines is 1. The van der Waals surface area contributed by atoms with Gasteiger partial charge < -0.3 is 5.11 Å². The third-order valence-electron chi connectivity index (χ3n) is 2.70. The molecule has 2 aromatic rings. The van der Waals surface area contributed by atoms with Crippen LogP contribution >= 0.6 is 11.6 Å². The van der Waals surface area contributed by atoms with Gasteiger partial charge in [-0.2, -0.15) is 5.10 Å². The fourth-order valence-electron chi connectivity index (χ4n) is 1.73. The molecule has 6 nitrogen and oxygen atoms in total. The quantitative estimate of drug-likeness (QED) is 0.512. The highest BCUT2D eigenvalue weighted by Crippen LogP contribution is 2.32. The van der Waals surface area contributed by atoms with Crippen LogP contribution in [0.15, 0.2) is 41.5 Å². The highest BCUT2D eigenvalue weighted by atomic mass is 35.5. The second kappa shape index (κ2) is 6.23. The number of nitrogens with one attached hydrogen (secondary N) is 1. The van der Waals surface area contributed by atoms with Gasteiger partial charge >= 0.3 is 5.69 Å². The molecule has 2 rings (SSSR count). The van der Waals surface area contributed by atoms with E-state index in [-0.39, 0.29) is 10.6 Å². The van der Waals surface area contributed by atoms with E-state index in [2.05, 4.69) is 10.5 Å². The van der Waals surface area contributed by atoms with Gasteiger partial charge in [0, 0.05) is 16.7 Å². The summed E-state index contributed by atoms with van der Waals surface area (Å²) in [6, 6.07) is 10.0. The largest absolute Gasteiger partial charge is 0.502 e. The molecule has 21 heavy (non-hydrogen) atoms. The summed E-state index contributed by atoms with van der Waals surface area (Å²) in [5, 5.41) is 24.7. The Balaban J connectivity index is 2.23. The van der Waals surface area contributed by atoms with E-state index < -0.39 is 16.4 Å². The maximum atomic E-state index is 10.8. The molecule has 0 saturated heterocycles. The number of aromatic hydroxyl groups is 1. The lowest BCUT2D eigenvalue weighted by Crippen LogP contribution is -1.95. The van der Waals surface area contributed by atoms with Gasteiger partial charge in [0.05, 0.1) is 16.8 Å². The Labute approximate surface area is 125 Å². The summed E-state index contributed by atoms with van der Waals surface area (Å²) in [6.45, 7) is 1.95. The molecule has 0 bridgehead atoms. The Hall–Kier alpha value is -2.60. The maximum absolute atomic E-state index is 10.8. The summed E-state index contributed by atoms with van der Waals surface area (Å²) in [5.74, 6) is -0.473. The molecule has 2 aromatic carbocycles. The van der Waals surface area contributed by atoms with Crippen molar-refractivity contribution in [2.45, 2.75) is 6.92 Å². The van der Waals surface area contributed by atoms with Crippen LogP contribution in [0.25, 0.3) is 0 Å². The lowest BCUT2D eigenvalue weighted by molar-refractivity contribution is -0.385. The molecule has 108 valence electrons. The highest BCUT2D eigenvalue weighted by molar-refractivity contribution is 6.31. The van der Waals surface area contributed by atoms with E-state index in [0.29, 0.717) is 0 Å². The average Bonchev–Trinajstić information content (AvgIpc) is 2.42. The van der Waals surface area contributed by atoms with Crippen molar-refractivity contribution < 1.29 is 10.0 Å². The van der Waals surface area contributed by atoms with Gasteiger partial charge in [-0.25, -0.2) is 0 Å². The van der Waals surface area contributed by atoms with Crippen LogP contribution in [0.4, 0.5) is 11.4 Å². The second-order valence-corrected chi connectivity index (χ2v) is 4.80. The van der Waals surface area contributed by atoms with Crippen molar-refractivity contribution in [2.24, 2.45) is 5.10 Å². The molecule has 2 N–H and O–H groups in total. The minimum Gasteiger partial charge on any atom is -0.502 e. The first-order valence-corrected chi connectivity index (χ1v) is 6.38. The zero-order chi connectivity index (χ0) is 15.4. The van der Waals surface area contributed by atoms with Crippen LogP contribution in [-0.2, 0) is 0 Å². The van der Waals surface area contributed by atoms with E-state index >= 15 is 0 Å². The van der Waals surface area contributed by atoms with Gasteiger partial charge in [-0.05, 0) is 30.7 Å². The fourth-order valence-corrected chi connectivity index (χ4v) is 1.95. The van der Waals surface area contributed by atoms with Gasteiger partial charge in [0.1, 0.15) is 0 Å². The third-order valence-corrected chi connectivity index (χ3v) is 2.91. The molecular formula is C14H12ClN3O3. The number of hydrogen-bond donors (Lipinski definition) is 2. The first-order chi connectivity index (χ1) is 9.97. The van der Waals surface area contributed by atoms with E-state index in [1.807, 2.05) is 31.2 Å². The molecule has 0 aliphatic carbocycles. The standard InChI is InChI=1S/C14H12ClN3O3/c1-9-3-2-4-12(5-9)17-16-8-10-6-11(15)7-13(14(10)19)18(20)21/h2-8,17,19H,1H3. The number of hydrazone groups is 1. The van der Waals surface area contributed by atoms with Crippen molar-refractivity contribution in [3.63, 3.8) is 0 Å². The van der Waals surface area contributed by atoms with Crippen LogP contribution in [0.5, 0.6) is 5.75 Å². The van der Waals surface area contributed by atoms with Crippen LogP contribution in [0.2, 0.25) is 5.02 Å². The zero-order valence-corrected chi connectivity index (χ0v) is 11.8. The number of phenolic OH excluding ortho intramolecular Hbond substituents is 1. The molecule has 0 aromatic heterocycles. The van der Waals surface area contributed by atoms with Gasteiger partial charge in [-0.3, -0.25) is 15.5 Å². The number of aryl methyl sites for hydroxylation is 1. The number of rotatable bonds is 4. The van der Waals surface area contributed by atoms with E-state index in [4.69, 9.17) is 11.6 Å². The van der Waals surface area contributed by atoms with Gasteiger partial charge in [0.2, 0.25) is 5.75 Å². The van der Waals surface area contributed by atoms with Gasteiger partial charge in [-0.15, -0.1) is 0 Å². The molecule has 0 aliphatic heterocycles. The number of hydrogen-bond acceptors (Lipinski definition) is 5. The minimum absolute atomic E-state index is 0.150. The van der Waals surface area contributed by atoms with Crippen molar-refractivity contribution in [1.29, 1.82) is 0 Å². The van der Waals surface area contributed by atoms with Crippen molar-refractivity contribution in [3.05, 3.63) is 62.7 Å². The van der Waals surface area contributed by atoms with Crippen LogP contribution < -0.4 is 5.43 Å². The average molecular weight is 306 g/mol. The van der Waals surface area contributed by atoms with Crippen molar-refractivity contribution >= 4 is 29.2 Å². The van der Waals surface area contributed by atoms with Gasteiger partial charge in [-0.1, -0.05) is 23.7 Å². The molecule has 0 heterocycles.